The van der Waals surface area contributed by atoms with Crippen LogP contribution in [-0.4, -0.2) is 77.7 Å². The maximum atomic E-state index is 11.2. The van der Waals surface area contributed by atoms with Gasteiger partial charge in [-0.05, 0) is 24.3 Å². The van der Waals surface area contributed by atoms with E-state index >= 15 is 0 Å². The van der Waals surface area contributed by atoms with Crippen LogP contribution in [-0.2, 0) is 4.74 Å². The number of benzene rings is 1. The zero-order valence-electron chi connectivity index (χ0n) is 17.1. The fourth-order valence-electron chi connectivity index (χ4n) is 3.35. The van der Waals surface area contributed by atoms with Crippen molar-refractivity contribution >= 4 is 17.1 Å². The van der Waals surface area contributed by atoms with Gasteiger partial charge in [-0.1, -0.05) is 0 Å². The lowest BCUT2D eigenvalue weighted by atomic mass is 10.1. The van der Waals surface area contributed by atoms with Crippen LogP contribution in [0, 0.1) is 0 Å². The van der Waals surface area contributed by atoms with Gasteiger partial charge in [0.05, 0.1) is 38.6 Å². The van der Waals surface area contributed by atoms with Gasteiger partial charge in [0.2, 0.25) is 5.88 Å². The Bertz CT molecular complexity index is 1090. The fourth-order valence-corrected chi connectivity index (χ4v) is 3.35. The molecule has 1 N–H and O–H groups in total. The van der Waals surface area contributed by atoms with Crippen LogP contribution < -0.4 is 14.2 Å². The minimum Gasteiger partial charge on any atom is -0.493 e. The van der Waals surface area contributed by atoms with E-state index in [1.165, 1.54) is 4.90 Å². The number of carboxylic acid groups (broad SMARTS) is 1. The number of amides is 1. The molecule has 3 aromatic rings. The Morgan fingerprint density at radius 3 is 2.77 bits per heavy atom. The van der Waals surface area contributed by atoms with Crippen molar-refractivity contribution in [3.05, 3.63) is 36.7 Å². The molecule has 2 aromatic heterocycles. The van der Waals surface area contributed by atoms with Gasteiger partial charge in [0.25, 0.3) is 0 Å². The van der Waals surface area contributed by atoms with Crippen LogP contribution in [0.25, 0.3) is 22.3 Å². The summed E-state index contributed by atoms with van der Waals surface area (Å²) in [4.78, 5) is 25.9. The third-order valence-electron chi connectivity index (χ3n) is 4.92. The topological polar surface area (TPSA) is 116 Å². The molecule has 0 radical (unpaired) electrons. The van der Waals surface area contributed by atoms with Crippen molar-refractivity contribution < 1.29 is 28.8 Å². The van der Waals surface area contributed by atoms with Crippen LogP contribution >= 0.6 is 0 Å². The first kappa shape index (κ1) is 20.6. The minimum absolute atomic E-state index is 0.137. The van der Waals surface area contributed by atoms with E-state index < -0.39 is 12.2 Å². The molecule has 1 atom stereocenters. The van der Waals surface area contributed by atoms with E-state index in [1.54, 1.807) is 32.7 Å². The van der Waals surface area contributed by atoms with Crippen molar-refractivity contribution in [1.29, 1.82) is 0 Å². The number of pyridine rings is 1. The van der Waals surface area contributed by atoms with Crippen molar-refractivity contribution in [2.24, 2.45) is 0 Å². The maximum Gasteiger partial charge on any atom is 0.407 e. The Labute approximate surface area is 178 Å². The summed E-state index contributed by atoms with van der Waals surface area (Å²) >= 11 is 0. The lowest BCUT2D eigenvalue weighted by Crippen LogP contribution is -2.47. The summed E-state index contributed by atoms with van der Waals surface area (Å²) in [6, 6.07) is 7.31. The van der Waals surface area contributed by atoms with Crippen LogP contribution in [0.15, 0.2) is 36.7 Å². The number of methoxy groups -OCH3 is 2. The number of morpholine rings is 1. The quantitative estimate of drug-likeness (QED) is 0.634. The standard InChI is InChI=1S/C21H22N4O6/c1-28-17-4-3-13(9-18(17)29-2)15-10-16-19(23-6-5-22-16)20(24-15)31-12-14-11-25(21(26)27)7-8-30-14/h3-6,9-10,14H,7-8,11-12H2,1-2H3,(H,26,27)/t14-/m0/s1. The van der Waals surface area contributed by atoms with Crippen molar-refractivity contribution in [2.75, 3.05) is 40.5 Å². The van der Waals surface area contributed by atoms with Crippen molar-refractivity contribution in [3.8, 4) is 28.6 Å². The molecule has 1 fully saturated rings. The Hall–Kier alpha value is -3.66. The average molecular weight is 426 g/mol. The Kier molecular flexibility index (Phi) is 5.99. The molecule has 0 bridgehead atoms. The van der Waals surface area contributed by atoms with E-state index in [4.69, 9.17) is 18.9 Å². The van der Waals surface area contributed by atoms with Gasteiger partial charge >= 0.3 is 6.09 Å². The van der Waals surface area contributed by atoms with Crippen molar-refractivity contribution in [2.45, 2.75) is 6.10 Å². The summed E-state index contributed by atoms with van der Waals surface area (Å²) in [7, 11) is 3.15. The highest BCUT2D eigenvalue weighted by atomic mass is 16.5. The molecule has 1 saturated heterocycles. The smallest absolute Gasteiger partial charge is 0.407 e. The van der Waals surface area contributed by atoms with Gasteiger partial charge < -0.3 is 29.0 Å². The van der Waals surface area contributed by atoms with E-state index in [2.05, 4.69) is 15.0 Å². The summed E-state index contributed by atoms with van der Waals surface area (Å²) in [6.45, 7) is 1.03. The second-order valence-corrected chi connectivity index (χ2v) is 6.84. The summed E-state index contributed by atoms with van der Waals surface area (Å²) < 4.78 is 22.3. The van der Waals surface area contributed by atoms with Gasteiger partial charge in [0.15, 0.2) is 17.0 Å². The number of rotatable bonds is 6. The predicted molar refractivity (Wildman–Crippen MR) is 111 cm³/mol. The minimum atomic E-state index is -0.974. The average Bonchev–Trinajstić information content (AvgIpc) is 2.82. The van der Waals surface area contributed by atoms with E-state index in [1.807, 2.05) is 18.2 Å². The second-order valence-electron chi connectivity index (χ2n) is 6.84. The third-order valence-corrected chi connectivity index (χ3v) is 4.92. The van der Waals surface area contributed by atoms with Crippen LogP contribution in [0.2, 0.25) is 0 Å². The van der Waals surface area contributed by atoms with Gasteiger partial charge in [-0.15, -0.1) is 0 Å². The molecule has 31 heavy (non-hydrogen) atoms. The highest BCUT2D eigenvalue weighted by molar-refractivity contribution is 5.83. The number of aromatic nitrogens is 3. The summed E-state index contributed by atoms with van der Waals surface area (Å²) in [5, 5.41) is 9.20. The highest BCUT2D eigenvalue weighted by Gasteiger charge is 2.25. The van der Waals surface area contributed by atoms with Gasteiger partial charge in [0.1, 0.15) is 12.7 Å². The summed E-state index contributed by atoms with van der Waals surface area (Å²) in [5.74, 6) is 1.49. The van der Waals surface area contributed by atoms with E-state index in [0.717, 1.165) is 5.56 Å². The Morgan fingerprint density at radius 1 is 1.19 bits per heavy atom. The van der Waals surface area contributed by atoms with E-state index in [9.17, 15) is 9.90 Å². The number of hydrogen-bond donors (Lipinski definition) is 1. The Morgan fingerprint density at radius 2 is 2.00 bits per heavy atom. The number of fused-ring (bicyclic) bond motifs is 1. The molecular formula is C21H22N4O6. The largest absolute Gasteiger partial charge is 0.493 e. The molecule has 0 saturated carbocycles. The van der Waals surface area contributed by atoms with Crippen LogP contribution in [0.5, 0.6) is 17.4 Å². The predicted octanol–water partition coefficient (Wildman–Crippen LogP) is 2.47. The molecule has 10 nitrogen and oxygen atoms in total. The van der Waals surface area contributed by atoms with Gasteiger partial charge in [-0.25, -0.2) is 14.8 Å². The van der Waals surface area contributed by atoms with Crippen molar-refractivity contribution in [1.82, 2.24) is 19.9 Å². The summed E-state index contributed by atoms with van der Waals surface area (Å²) in [6.07, 6.45) is 1.79. The van der Waals surface area contributed by atoms with E-state index in [-0.39, 0.29) is 13.2 Å². The first-order valence-corrected chi connectivity index (χ1v) is 9.65. The molecule has 0 aliphatic carbocycles. The van der Waals surface area contributed by atoms with Crippen LogP contribution in [0.3, 0.4) is 0 Å². The molecule has 1 aliphatic heterocycles. The zero-order chi connectivity index (χ0) is 21.8. The fraction of sp³-hybridized carbons (Fsp3) is 0.333. The molecule has 162 valence electrons. The number of ether oxygens (including phenoxy) is 4. The molecule has 1 aliphatic rings. The highest BCUT2D eigenvalue weighted by Crippen LogP contribution is 2.33. The lowest BCUT2D eigenvalue weighted by molar-refractivity contribution is -0.0415. The molecule has 1 amide bonds. The second kappa shape index (κ2) is 9.00. The Balaban J connectivity index is 1.63. The molecular weight excluding hydrogens is 404 g/mol. The van der Waals surface area contributed by atoms with Crippen LogP contribution in [0.4, 0.5) is 4.79 Å². The van der Waals surface area contributed by atoms with Gasteiger partial charge in [-0.3, -0.25) is 4.98 Å². The lowest BCUT2D eigenvalue weighted by Gasteiger charge is -2.30. The van der Waals surface area contributed by atoms with Crippen molar-refractivity contribution in [3.63, 3.8) is 0 Å². The zero-order valence-corrected chi connectivity index (χ0v) is 17.1. The van der Waals surface area contributed by atoms with Gasteiger partial charge in [-0.2, -0.15) is 0 Å². The molecule has 1 aromatic carbocycles. The molecule has 4 rings (SSSR count). The van der Waals surface area contributed by atoms with Gasteiger partial charge in [0, 0.05) is 24.5 Å². The first-order chi connectivity index (χ1) is 15.1. The third kappa shape index (κ3) is 4.43. The SMILES string of the molecule is COc1ccc(-c2cc3nccnc3c(OC[C@@H]3CN(C(=O)O)CCO3)n2)cc1OC. The normalized spacial score (nSPS) is 16.2. The first-order valence-electron chi connectivity index (χ1n) is 9.65. The van der Waals surface area contributed by atoms with E-state index in [0.29, 0.717) is 47.3 Å². The van der Waals surface area contributed by atoms with Crippen LogP contribution in [0.1, 0.15) is 0 Å². The molecule has 10 heteroatoms. The molecule has 0 spiro atoms. The number of nitrogens with zero attached hydrogens (tertiary/aromatic N) is 4. The number of carbonyl (C=O) groups is 1. The monoisotopic (exact) mass is 426 g/mol. The molecule has 3 heterocycles. The summed E-state index contributed by atoms with van der Waals surface area (Å²) in [5.41, 5.74) is 2.55. The maximum absolute atomic E-state index is 11.2. The number of hydrogen-bond acceptors (Lipinski definition) is 8. The molecule has 0 unspecified atom stereocenters.